The second kappa shape index (κ2) is 10.2. The number of benzene rings is 3. The first-order chi connectivity index (χ1) is 18.2. The van der Waals surface area contributed by atoms with E-state index in [2.05, 4.69) is 10.1 Å². The number of aromatic nitrogens is 1. The average Bonchev–Trinajstić information content (AvgIpc) is 3.32. The van der Waals surface area contributed by atoms with Crippen molar-refractivity contribution >= 4 is 40.1 Å². The summed E-state index contributed by atoms with van der Waals surface area (Å²) in [5.41, 5.74) is 3.45. The molecule has 1 aliphatic heterocycles. The lowest BCUT2D eigenvalue weighted by molar-refractivity contribution is -0.141. The Morgan fingerprint density at radius 1 is 1.08 bits per heavy atom. The molecular formula is C29H23ClFN3O4. The van der Waals surface area contributed by atoms with Crippen molar-refractivity contribution in [1.82, 2.24) is 9.99 Å². The third kappa shape index (κ3) is 4.95. The Morgan fingerprint density at radius 2 is 1.84 bits per heavy atom. The first kappa shape index (κ1) is 25.4. The van der Waals surface area contributed by atoms with Crippen LogP contribution in [0.1, 0.15) is 42.0 Å². The van der Waals surface area contributed by atoms with Gasteiger partial charge in [0.1, 0.15) is 5.82 Å². The Kier molecular flexibility index (Phi) is 6.82. The van der Waals surface area contributed by atoms with Crippen molar-refractivity contribution in [2.75, 3.05) is 0 Å². The highest BCUT2D eigenvalue weighted by Crippen LogP contribution is 2.37. The van der Waals surface area contributed by atoms with Gasteiger partial charge in [-0.15, -0.1) is 0 Å². The highest BCUT2D eigenvalue weighted by Gasteiger charge is 2.35. The molecule has 38 heavy (non-hydrogen) atoms. The largest absolute Gasteiger partial charge is 0.481 e. The first-order valence-electron chi connectivity index (χ1n) is 12.0. The molecule has 2 heterocycles. The minimum atomic E-state index is -1.10. The number of rotatable bonds is 6. The Labute approximate surface area is 222 Å². The summed E-state index contributed by atoms with van der Waals surface area (Å²) in [5, 5.41) is 16.2. The number of hydrogen-bond donors (Lipinski definition) is 2. The number of carboxylic acid groups (broad SMARTS) is 1. The summed E-state index contributed by atoms with van der Waals surface area (Å²) in [6.07, 6.45) is -0.401. The monoisotopic (exact) mass is 531 g/mol. The third-order valence-electron chi connectivity index (χ3n) is 6.54. The molecule has 0 fully saturated rings. The Balaban J connectivity index is 1.71. The summed E-state index contributed by atoms with van der Waals surface area (Å²) in [6, 6.07) is 17.9. The van der Waals surface area contributed by atoms with Gasteiger partial charge in [0.15, 0.2) is 0 Å². The summed E-state index contributed by atoms with van der Waals surface area (Å²) in [7, 11) is 0. The molecule has 1 aliphatic rings. The molecule has 0 spiro atoms. The fraction of sp³-hybridized carbons (Fsp3) is 0.172. The van der Waals surface area contributed by atoms with Crippen molar-refractivity contribution in [2.24, 2.45) is 5.10 Å². The normalized spacial score (nSPS) is 15.1. The number of nitrogens with one attached hydrogen (secondary N) is 1. The smallest absolute Gasteiger partial charge is 0.303 e. The number of hydrazone groups is 1. The number of carbonyl (C=O) groups is 2. The molecule has 0 radical (unpaired) electrons. The van der Waals surface area contributed by atoms with E-state index in [1.54, 1.807) is 42.5 Å². The van der Waals surface area contributed by atoms with Gasteiger partial charge in [0, 0.05) is 34.3 Å². The number of pyridine rings is 1. The van der Waals surface area contributed by atoms with Crippen LogP contribution in [0.2, 0.25) is 5.02 Å². The lowest BCUT2D eigenvalue weighted by atomic mass is 9.90. The van der Waals surface area contributed by atoms with Gasteiger partial charge in [-0.25, -0.2) is 9.40 Å². The van der Waals surface area contributed by atoms with E-state index in [0.29, 0.717) is 32.8 Å². The molecule has 2 N–H and O–H groups in total. The molecule has 0 saturated carbocycles. The number of aromatic amines is 1. The molecule has 9 heteroatoms. The van der Waals surface area contributed by atoms with Crippen LogP contribution in [0.3, 0.4) is 0 Å². The molecule has 1 unspecified atom stereocenters. The number of fused-ring (bicyclic) bond motifs is 1. The molecule has 192 valence electrons. The lowest BCUT2D eigenvalue weighted by Crippen LogP contribution is -2.27. The van der Waals surface area contributed by atoms with Gasteiger partial charge in [-0.3, -0.25) is 14.4 Å². The molecule has 0 saturated heterocycles. The minimum absolute atomic E-state index is 0.198. The number of H-pyrrole nitrogens is 1. The van der Waals surface area contributed by atoms with Crippen molar-refractivity contribution in [3.63, 3.8) is 0 Å². The zero-order valence-corrected chi connectivity index (χ0v) is 21.1. The average molecular weight is 532 g/mol. The van der Waals surface area contributed by atoms with Crippen LogP contribution in [-0.4, -0.2) is 32.7 Å². The lowest BCUT2D eigenvalue weighted by Gasteiger charge is -2.22. The summed E-state index contributed by atoms with van der Waals surface area (Å²) >= 11 is 6.07. The highest BCUT2D eigenvalue weighted by molar-refractivity contribution is 6.30. The number of halogens is 2. The number of carbonyl (C=O) groups excluding carboxylic acids is 1. The molecule has 5 rings (SSSR count). The van der Waals surface area contributed by atoms with Crippen LogP contribution in [0.5, 0.6) is 0 Å². The number of amides is 1. The molecule has 7 nitrogen and oxygen atoms in total. The summed E-state index contributed by atoms with van der Waals surface area (Å²) < 4.78 is 14.3. The number of carboxylic acids is 1. The van der Waals surface area contributed by atoms with Gasteiger partial charge in [0.2, 0.25) is 5.91 Å². The van der Waals surface area contributed by atoms with E-state index in [0.717, 1.165) is 11.1 Å². The van der Waals surface area contributed by atoms with Crippen molar-refractivity contribution in [1.29, 1.82) is 0 Å². The van der Waals surface area contributed by atoms with E-state index in [1.807, 2.05) is 19.1 Å². The SMILES string of the molecule is Cc1ccc2[nH]c(=O)c(C3=NN(C(=O)CCC(=O)O)C(c4ccc(Cl)cc4)C3)c(-c3cccc(F)c3)c2c1. The van der Waals surface area contributed by atoms with Gasteiger partial charge in [0.25, 0.3) is 5.56 Å². The number of hydrogen-bond acceptors (Lipinski definition) is 4. The van der Waals surface area contributed by atoms with Crippen LogP contribution >= 0.6 is 11.6 Å². The fourth-order valence-electron chi connectivity index (χ4n) is 4.79. The van der Waals surface area contributed by atoms with Crippen LogP contribution in [0, 0.1) is 12.7 Å². The van der Waals surface area contributed by atoms with E-state index in [4.69, 9.17) is 16.7 Å². The maximum absolute atomic E-state index is 14.3. The van der Waals surface area contributed by atoms with E-state index < -0.39 is 29.3 Å². The molecular weight excluding hydrogens is 509 g/mol. The van der Waals surface area contributed by atoms with Crippen molar-refractivity contribution < 1.29 is 19.1 Å². The predicted octanol–water partition coefficient (Wildman–Crippen LogP) is 5.84. The van der Waals surface area contributed by atoms with Gasteiger partial charge in [-0.1, -0.05) is 47.5 Å². The molecule has 1 atom stereocenters. The van der Waals surface area contributed by atoms with Gasteiger partial charge in [-0.2, -0.15) is 5.10 Å². The number of aryl methyl sites for hydroxylation is 1. The minimum Gasteiger partial charge on any atom is -0.481 e. The van der Waals surface area contributed by atoms with E-state index >= 15 is 0 Å². The quantitative estimate of drug-likeness (QED) is 0.326. The van der Waals surface area contributed by atoms with Gasteiger partial charge in [0.05, 0.1) is 23.7 Å². The van der Waals surface area contributed by atoms with Crippen LogP contribution in [0.15, 0.2) is 76.6 Å². The summed E-state index contributed by atoms with van der Waals surface area (Å²) in [5.74, 6) is -2.03. The van der Waals surface area contributed by atoms with Gasteiger partial charge < -0.3 is 10.1 Å². The number of nitrogens with zero attached hydrogens (tertiary/aromatic N) is 2. The maximum Gasteiger partial charge on any atom is 0.303 e. The fourth-order valence-corrected chi connectivity index (χ4v) is 4.92. The van der Waals surface area contributed by atoms with E-state index in [1.165, 1.54) is 17.1 Å². The van der Waals surface area contributed by atoms with Crippen LogP contribution < -0.4 is 5.56 Å². The second-order valence-electron chi connectivity index (χ2n) is 9.21. The Bertz CT molecular complexity index is 1660. The zero-order chi connectivity index (χ0) is 27.0. The van der Waals surface area contributed by atoms with Crippen molar-refractivity contribution in [3.8, 4) is 11.1 Å². The second-order valence-corrected chi connectivity index (χ2v) is 9.65. The van der Waals surface area contributed by atoms with Crippen LogP contribution in [-0.2, 0) is 9.59 Å². The van der Waals surface area contributed by atoms with E-state index in [-0.39, 0.29) is 24.8 Å². The standard InChI is InChI=1S/C29H23ClFN3O4/c1-16-5-10-22-21(13-16)27(18-3-2-4-20(31)14-18)28(29(38)32-22)23-15-24(17-6-8-19(30)9-7-17)34(33-23)25(35)11-12-26(36)37/h2-10,13-14,24H,11-12,15H2,1H3,(H,32,38)(H,36,37). The van der Waals surface area contributed by atoms with Crippen molar-refractivity contribution in [2.45, 2.75) is 32.2 Å². The highest BCUT2D eigenvalue weighted by atomic mass is 35.5. The molecule has 4 aromatic rings. The topological polar surface area (TPSA) is 103 Å². The molecule has 3 aromatic carbocycles. The van der Waals surface area contributed by atoms with Gasteiger partial charge >= 0.3 is 5.97 Å². The Hall–Kier alpha value is -4.30. The molecule has 1 amide bonds. The molecule has 1 aromatic heterocycles. The first-order valence-corrected chi connectivity index (χ1v) is 12.4. The van der Waals surface area contributed by atoms with Gasteiger partial charge in [-0.05, 0) is 54.4 Å². The molecule has 0 bridgehead atoms. The zero-order valence-electron chi connectivity index (χ0n) is 20.4. The van der Waals surface area contributed by atoms with Crippen molar-refractivity contribution in [3.05, 3.63) is 105 Å². The van der Waals surface area contributed by atoms with E-state index in [9.17, 15) is 18.8 Å². The Morgan fingerprint density at radius 3 is 2.55 bits per heavy atom. The van der Waals surface area contributed by atoms with Crippen LogP contribution in [0.25, 0.3) is 22.0 Å². The summed E-state index contributed by atoms with van der Waals surface area (Å²) in [6.45, 7) is 1.92. The maximum atomic E-state index is 14.3. The summed E-state index contributed by atoms with van der Waals surface area (Å²) in [4.78, 5) is 40.7. The molecule has 0 aliphatic carbocycles. The predicted molar refractivity (Wildman–Crippen MR) is 144 cm³/mol. The number of aliphatic carboxylic acids is 1. The third-order valence-corrected chi connectivity index (χ3v) is 6.80. The van der Waals surface area contributed by atoms with Crippen LogP contribution in [0.4, 0.5) is 4.39 Å².